The van der Waals surface area contributed by atoms with E-state index >= 15 is 0 Å². The van der Waals surface area contributed by atoms with Crippen LogP contribution in [0.2, 0.25) is 5.02 Å². The molecule has 0 amide bonds. The molecule has 4 nitrogen and oxygen atoms in total. The number of nitrogens with zero attached hydrogens (tertiary/aromatic N) is 2. The number of carbonyl (C=O) groups excluding carboxylic acids is 1. The van der Waals surface area contributed by atoms with Crippen molar-refractivity contribution >= 4 is 17.5 Å². The minimum Gasteiger partial charge on any atom is -0.273 e. The van der Waals surface area contributed by atoms with Crippen LogP contribution in [0.1, 0.15) is 23.1 Å². The van der Waals surface area contributed by atoms with Crippen molar-refractivity contribution in [3.63, 3.8) is 0 Å². The Morgan fingerprint density at radius 1 is 0.963 bits per heavy atom. The summed E-state index contributed by atoms with van der Waals surface area (Å²) in [7, 11) is 0. The van der Waals surface area contributed by atoms with E-state index in [4.69, 9.17) is 11.6 Å². The SMILES string of the molecule is CC(=O)n1nc(C(F)(OC(F)(F)C(F)(F)C(F)(F)F)C(F)(F)F)c(Cl)c1C. The van der Waals surface area contributed by atoms with Crippen LogP contribution in [-0.2, 0) is 10.6 Å². The molecule has 0 fully saturated rings. The van der Waals surface area contributed by atoms with E-state index in [0.29, 0.717) is 6.92 Å². The van der Waals surface area contributed by atoms with E-state index in [9.17, 15) is 53.1 Å². The Balaban J connectivity index is 3.66. The standard InChI is InChI=1S/C11H6ClF11N2O2/c1-3-5(12)6(24-25(3)4(2)26)7(13,9(16,17)18)27-11(22,23)8(14,15)10(19,20)21/h1-2H3. The van der Waals surface area contributed by atoms with Crippen molar-refractivity contribution in [3.8, 4) is 0 Å². The Bertz CT molecular complexity index is 740. The Hall–Kier alpha value is -1.64. The lowest BCUT2D eigenvalue weighted by Gasteiger charge is -2.34. The van der Waals surface area contributed by atoms with Gasteiger partial charge in [0.15, 0.2) is 5.69 Å². The first-order chi connectivity index (χ1) is 11.7. The summed E-state index contributed by atoms with van der Waals surface area (Å²) in [5.41, 5.74) is -3.11. The predicted octanol–water partition coefficient (Wildman–Crippen LogP) is 5.00. The Morgan fingerprint density at radius 3 is 1.70 bits per heavy atom. The summed E-state index contributed by atoms with van der Waals surface area (Å²) < 4.78 is 144. The molecule has 156 valence electrons. The molecule has 16 heteroatoms. The molecule has 0 aromatic carbocycles. The lowest BCUT2D eigenvalue weighted by molar-refractivity contribution is -0.488. The second kappa shape index (κ2) is 6.46. The van der Waals surface area contributed by atoms with E-state index in [1.807, 2.05) is 0 Å². The summed E-state index contributed by atoms with van der Waals surface area (Å²) in [4.78, 5) is 11.2. The van der Waals surface area contributed by atoms with Crippen molar-refractivity contribution in [2.24, 2.45) is 0 Å². The topological polar surface area (TPSA) is 44.1 Å². The van der Waals surface area contributed by atoms with Crippen molar-refractivity contribution in [2.45, 2.75) is 44.1 Å². The zero-order chi connectivity index (χ0) is 21.8. The third-order valence-electron chi connectivity index (χ3n) is 3.00. The number of hydrogen-bond acceptors (Lipinski definition) is 3. The minimum absolute atomic E-state index is 0.0266. The Kier molecular flexibility index (Phi) is 5.60. The molecule has 1 aromatic rings. The average molecular weight is 443 g/mol. The van der Waals surface area contributed by atoms with Crippen LogP contribution in [0.15, 0.2) is 0 Å². The highest BCUT2D eigenvalue weighted by Crippen LogP contribution is 2.54. The number of aromatic nitrogens is 2. The number of carbonyl (C=O) groups is 1. The van der Waals surface area contributed by atoms with Gasteiger partial charge in [-0.2, -0.15) is 53.4 Å². The molecule has 1 heterocycles. The zero-order valence-corrected chi connectivity index (χ0v) is 13.5. The molecule has 1 atom stereocenters. The summed E-state index contributed by atoms with van der Waals surface area (Å²) in [6, 6.07) is 0. The maximum atomic E-state index is 14.4. The molecule has 0 aliphatic heterocycles. The van der Waals surface area contributed by atoms with Gasteiger partial charge in [0.1, 0.15) is 0 Å². The van der Waals surface area contributed by atoms with Crippen LogP contribution in [0.4, 0.5) is 48.3 Å². The van der Waals surface area contributed by atoms with Crippen LogP contribution >= 0.6 is 11.6 Å². The second-order valence-corrected chi connectivity index (χ2v) is 5.34. The molecule has 27 heavy (non-hydrogen) atoms. The van der Waals surface area contributed by atoms with Gasteiger partial charge in [0.05, 0.1) is 10.7 Å². The summed E-state index contributed by atoms with van der Waals surface area (Å²) in [6.45, 7) is 1.43. The molecule has 0 N–H and O–H groups in total. The van der Waals surface area contributed by atoms with Gasteiger partial charge in [0.25, 0.3) is 0 Å². The third kappa shape index (κ3) is 3.70. The van der Waals surface area contributed by atoms with Gasteiger partial charge in [0.2, 0.25) is 5.91 Å². The van der Waals surface area contributed by atoms with E-state index in [1.54, 1.807) is 0 Å². The Morgan fingerprint density at radius 2 is 1.41 bits per heavy atom. The average Bonchev–Trinajstić information content (AvgIpc) is 2.72. The molecular formula is C11H6ClF11N2O2. The van der Waals surface area contributed by atoms with Crippen LogP contribution in [0.3, 0.4) is 0 Å². The highest BCUT2D eigenvalue weighted by molar-refractivity contribution is 6.32. The van der Waals surface area contributed by atoms with E-state index < -0.39 is 52.6 Å². The number of ether oxygens (including phenoxy) is 1. The van der Waals surface area contributed by atoms with Crippen molar-refractivity contribution in [1.29, 1.82) is 0 Å². The van der Waals surface area contributed by atoms with Crippen molar-refractivity contribution < 1.29 is 57.8 Å². The maximum absolute atomic E-state index is 14.4. The first-order valence-electron chi connectivity index (χ1n) is 6.25. The first kappa shape index (κ1) is 23.4. The maximum Gasteiger partial charge on any atom is 0.462 e. The lowest BCUT2D eigenvalue weighted by Crippen LogP contribution is -2.58. The fourth-order valence-corrected chi connectivity index (χ4v) is 1.88. The minimum atomic E-state index is -7.22. The molecule has 1 unspecified atom stereocenters. The van der Waals surface area contributed by atoms with Gasteiger partial charge >= 0.3 is 30.2 Å². The molecule has 1 aromatic heterocycles. The second-order valence-electron chi connectivity index (χ2n) is 4.96. The van der Waals surface area contributed by atoms with Crippen molar-refractivity contribution in [3.05, 3.63) is 16.4 Å². The summed E-state index contributed by atoms with van der Waals surface area (Å²) in [6.07, 6.45) is -20.8. The van der Waals surface area contributed by atoms with Crippen molar-refractivity contribution in [2.75, 3.05) is 0 Å². The zero-order valence-electron chi connectivity index (χ0n) is 12.7. The number of halogens is 12. The van der Waals surface area contributed by atoms with Crippen LogP contribution in [0, 0.1) is 6.92 Å². The van der Waals surface area contributed by atoms with Crippen LogP contribution in [0.5, 0.6) is 0 Å². The fraction of sp³-hybridized carbons (Fsp3) is 0.636. The molecule has 0 saturated carbocycles. The summed E-state index contributed by atoms with van der Waals surface area (Å²) >= 11 is 5.27. The highest BCUT2D eigenvalue weighted by Gasteiger charge is 2.79. The van der Waals surface area contributed by atoms with Gasteiger partial charge in [-0.3, -0.25) is 9.53 Å². The molecule has 0 spiro atoms. The van der Waals surface area contributed by atoms with Crippen LogP contribution in [0.25, 0.3) is 0 Å². The monoisotopic (exact) mass is 442 g/mol. The van der Waals surface area contributed by atoms with E-state index in [1.165, 1.54) is 0 Å². The van der Waals surface area contributed by atoms with Gasteiger partial charge in [0, 0.05) is 6.92 Å². The molecule has 0 bridgehead atoms. The number of hydrogen-bond donors (Lipinski definition) is 0. The normalized spacial score (nSPS) is 16.4. The van der Waals surface area contributed by atoms with Crippen LogP contribution in [-0.4, -0.2) is 40.1 Å². The van der Waals surface area contributed by atoms with Crippen LogP contribution < -0.4 is 0 Å². The lowest BCUT2D eigenvalue weighted by atomic mass is 10.2. The molecule has 0 aliphatic carbocycles. The Labute approximate surface area is 146 Å². The van der Waals surface area contributed by atoms with Gasteiger partial charge in [-0.15, -0.1) is 0 Å². The van der Waals surface area contributed by atoms with Gasteiger partial charge in [-0.1, -0.05) is 11.6 Å². The largest absolute Gasteiger partial charge is 0.462 e. The number of rotatable bonds is 4. The summed E-state index contributed by atoms with van der Waals surface area (Å²) in [5, 5.41) is 1.17. The highest BCUT2D eigenvalue weighted by atomic mass is 35.5. The quantitative estimate of drug-likeness (QED) is 0.617. The van der Waals surface area contributed by atoms with Crippen molar-refractivity contribution in [1.82, 2.24) is 9.78 Å². The van der Waals surface area contributed by atoms with Gasteiger partial charge in [-0.05, 0) is 6.92 Å². The molecule has 1 rings (SSSR count). The first-order valence-corrected chi connectivity index (χ1v) is 6.63. The molecular weight excluding hydrogens is 437 g/mol. The smallest absolute Gasteiger partial charge is 0.273 e. The summed E-state index contributed by atoms with van der Waals surface area (Å²) in [5.74, 6) is -14.4. The molecule has 0 saturated heterocycles. The number of alkyl halides is 11. The fourth-order valence-electron chi connectivity index (χ4n) is 1.64. The van der Waals surface area contributed by atoms with Gasteiger partial charge < -0.3 is 0 Å². The van der Waals surface area contributed by atoms with E-state index in [-0.39, 0.29) is 4.68 Å². The third-order valence-corrected chi connectivity index (χ3v) is 3.45. The van der Waals surface area contributed by atoms with E-state index in [2.05, 4.69) is 9.84 Å². The van der Waals surface area contributed by atoms with E-state index in [0.717, 1.165) is 6.92 Å². The predicted molar refractivity (Wildman–Crippen MR) is 64.1 cm³/mol. The molecule has 0 aliphatic rings. The van der Waals surface area contributed by atoms with Gasteiger partial charge in [-0.25, -0.2) is 4.68 Å². The molecule has 0 radical (unpaired) electrons.